The molecule has 0 aromatic heterocycles. The fraction of sp³-hybridized carbons (Fsp3) is 0.529. The van der Waals surface area contributed by atoms with E-state index in [2.05, 4.69) is 13.8 Å². The zero-order chi connectivity index (χ0) is 15.8. The van der Waals surface area contributed by atoms with Crippen LogP contribution in [0.15, 0.2) is 29.2 Å². The standard InChI is InChI=1S/C17H25NO2S/c1-6-13(3)16-8-7-9-18(16)21(19,20)17-14(4)10-12(2)11-15(17)5/h7-8,10-11,13,16H,6,9H2,1-5H3/t13-,16+/m0/s1. The summed E-state index contributed by atoms with van der Waals surface area (Å²) in [5, 5.41) is 0. The maximum atomic E-state index is 13.1. The van der Waals surface area contributed by atoms with Crippen molar-refractivity contribution in [1.82, 2.24) is 4.31 Å². The van der Waals surface area contributed by atoms with Gasteiger partial charge in [0.25, 0.3) is 0 Å². The molecule has 21 heavy (non-hydrogen) atoms. The molecular formula is C17H25NO2S. The Balaban J connectivity index is 2.48. The highest BCUT2D eigenvalue weighted by molar-refractivity contribution is 7.89. The van der Waals surface area contributed by atoms with E-state index >= 15 is 0 Å². The normalized spacial score (nSPS) is 20.9. The van der Waals surface area contributed by atoms with Gasteiger partial charge in [0.1, 0.15) is 0 Å². The number of nitrogens with zero attached hydrogens (tertiary/aromatic N) is 1. The molecular weight excluding hydrogens is 282 g/mol. The van der Waals surface area contributed by atoms with E-state index in [-0.39, 0.29) is 6.04 Å². The van der Waals surface area contributed by atoms with Crippen LogP contribution in [0.3, 0.4) is 0 Å². The highest BCUT2D eigenvalue weighted by atomic mass is 32.2. The molecule has 0 spiro atoms. The molecule has 0 saturated carbocycles. The first-order valence-corrected chi connectivity index (χ1v) is 8.99. The minimum atomic E-state index is -3.45. The van der Waals surface area contributed by atoms with Crippen LogP contribution in [-0.4, -0.2) is 25.3 Å². The summed E-state index contributed by atoms with van der Waals surface area (Å²) in [7, 11) is -3.45. The first kappa shape index (κ1) is 16.2. The Labute approximate surface area is 128 Å². The zero-order valence-electron chi connectivity index (χ0n) is 13.6. The predicted octanol–water partition coefficient (Wildman–Crippen LogP) is 3.59. The summed E-state index contributed by atoms with van der Waals surface area (Å²) in [5.74, 6) is 0.324. The summed E-state index contributed by atoms with van der Waals surface area (Å²) in [6.45, 7) is 10.4. The Morgan fingerprint density at radius 3 is 2.33 bits per heavy atom. The van der Waals surface area contributed by atoms with Gasteiger partial charge in [0.2, 0.25) is 10.0 Å². The molecule has 1 aromatic rings. The molecule has 3 nitrogen and oxygen atoms in total. The van der Waals surface area contributed by atoms with Crippen LogP contribution in [0, 0.1) is 26.7 Å². The number of hydrogen-bond acceptors (Lipinski definition) is 2. The van der Waals surface area contributed by atoms with Crippen LogP contribution >= 0.6 is 0 Å². The Morgan fingerprint density at radius 2 is 1.81 bits per heavy atom. The van der Waals surface area contributed by atoms with E-state index in [0.717, 1.165) is 23.1 Å². The quantitative estimate of drug-likeness (QED) is 0.797. The van der Waals surface area contributed by atoms with Gasteiger partial charge >= 0.3 is 0 Å². The maximum Gasteiger partial charge on any atom is 0.244 e. The van der Waals surface area contributed by atoms with Gasteiger partial charge in [0.15, 0.2) is 0 Å². The Morgan fingerprint density at radius 1 is 1.24 bits per heavy atom. The summed E-state index contributed by atoms with van der Waals surface area (Å²) < 4.78 is 27.9. The second kappa shape index (κ2) is 5.93. The summed E-state index contributed by atoms with van der Waals surface area (Å²) in [4.78, 5) is 0.477. The van der Waals surface area contributed by atoms with Gasteiger partial charge in [-0.1, -0.05) is 50.1 Å². The number of aryl methyl sites for hydroxylation is 3. The molecule has 1 aliphatic heterocycles. The molecule has 0 saturated heterocycles. The lowest BCUT2D eigenvalue weighted by molar-refractivity contribution is 0.321. The third-order valence-electron chi connectivity index (χ3n) is 4.35. The zero-order valence-corrected chi connectivity index (χ0v) is 14.4. The van der Waals surface area contributed by atoms with Gasteiger partial charge in [0.05, 0.1) is 4.90 Å². The van der Waals surface area contributed by atoms with Gasteiger partial charge in [0, 0.05) is 12.6 Å². The molecule has 0 N–H and O–H groups in total. The van der Waals surface area contributed by atoms with Crippen LogP contribution in [-0.2, 0) is 10.0 Å². The molecule has 116 valence electrons. The SMILES string of the molecule is CC[C@H](C)[C@H]1C=CCN1S(=O)(=O)c1c(C)cc(C)cc1C. The van der Waals surface area contributed by atoms with E-state index < -0.39 is 10.0 Å². The van der Waals surface area contributed by atoms with Gasteiger partial charge in [-0.15, -0.1) is 0 Å². The Kier molecular flexibility index (Phi) is 4.59. The molecule has 1 aliphatic rings. The third-order valence-corrected chi connectivity index (χ3v) is 6.52. The highest BCUT2D eigenvalue weighted by Gasteiger charge is 2.36. The molecule has 0 unspecified atom stereocenters. The molecule has 1 heterocycles. The largest absolute Gasteiger partial charge is 0.244 e. The Hall–Kier alpha value is -1.13. The highest BCUT2D eigenvalue weighted by Crippen LogP contribution is 2.31. The number of rotatable bonds is 4. The van der Waals surface area contributed by atoms with E-state index in [9.17, 15) is 8.42 Å². The molecule has 2 atom stereocenters. The molecule has 4 heteroatoms. The first-order chi connectivity index (χ1) is 9.78. The van der Waals surface area contributed by atoms with E-state index in [0.29, 0.717) is 17.4 Å². The Bertz CT molecular complexity index is 638. The summed E-state index contributed by atoms with van der Waals surface area (Å²) >= 11 is 0. The predicted molar refractivity (Wildman–Crippen MR) is 86.9 cm³/mol. The van der Waals surface area contributed by atoms with Gasteiger partial charge in [-0.05, 0) is 37.8 Å². The van der Waals surface area contributed by atoms with Crippen molar-refractivity contribution < 1.29 is 8.42 Å². The lowest BCUT2D eigenvalue weighted by atomic mass is 10.0. The number of hydrogen-bond donors (Lipinski definition) is 0. The minimum Gasteiger partial charge on any atom is -0.207 e. The number of sulfonamides is 1. The van der Waals surface area contributed by atoms with E-state index in [1.54, 1.807) is 4.31 Å². The summed E-state index contributed by atoms with van der Waals surface area (Å²) in [6.07, 6.45) is 4.96. The van der Waals surface area contributed by atoms with Crippen LogP contribution in [0.5, 0.6) is 0 Å². The summed E-state index contributed by atoms with van der Waals surface area (Å²) in [6, 6.07) is 3.86. The van der Waals surface area contributed by atoms with E-state index in [4.69, 9.17) is 0 Å². The van der Waals surface area contributed by atoms with Crippen LogP contribution in [0.1, 0.15) is 37.0 Å². The van der Waals surface area contributed by atoms with Crippen molar-refractivity contribution in [2.75, 3.05) is 6.54 Å². The minimum absolute atomic E-state index is 0.0277. The monoisotopic (exact) mass is 307 g/mol. The van der Waals surface area contributed by atoms with Crippen molar-refractivity contribution >= 4 is 10.0 Å². The summed E-state index contributed by atoms with van der Waals surface area (Å²) in [5.41, 5.74) is 2.77. The fourth-order valence-electron chi connectivity index (χ4n) is 3.19. The van der Waals surface area contributed by atoms with E-state index in [1.807, 2.05) is 45.1 Å². The second-order valence-electron chi connectivity index (χ2n) is 6.11. The fourth-order valence-corrected chi connectivity index (χ4v) is 5.23. The first-order valence-electron chi connectivity index (χ1n) is 7.55. The molecule has 0 radical (unpaired) electrons. The molecule has 0 bridgehead atoms. The average Bonchev–Trinajstić information content (AvgIpc) is 2.86. The van der Waals surface area contributed by atoms with Gasteiger partial charge < -0.3 is 0 Å². The second-order valence-corrected chi connectivity index (χ2v) is 7.93. The van der Waals surface area contributed by atoms with Gasteiger partial charge in [-0.25, -0.2) is 8.42 Å². The van der Waals surface area contributed by atoms with Crippen LogP contribution < -0.4 is 0 Å². The van der Waals surface area contributed by atoms with Crippen LogP contribution in [0.2, 0.25) is 0 Å². The number of benzene rings is 1. The van der Waals surface area contributed by atoms with Crippen molar-refractivity contribution in [2.45, 2.75) is 52.0 Å². The smallest absolute Gasteiger partial charge is 0.207 e. The van der Waals surface area contributed by atoms with Crippen LogP contribution in [0.25, 0.3) is 0 Å². The molecule has 0 fully saturated rings. The van der Waals surface area contributed by atoms with Crippen molar-refractivity contribution in [3.63, 3.8) is 0 Å². The molecule has 0 amide bonds. The molecule has 2 rings (SSSR count). The maximum absolute atomic E-state index is 13.1. The topological polar surface area (TPSA) is 37.4 Å². The molecule has 1 aromatic carbocycles. The lowest BCUT2D eigenvalue weighted by Gasteiger charge is -2.29. The van der Waals surface area contributed by atoms with Crippen molar-refractivity contribution in [1.29, 1.82) is 0 Å². The van der Waals surface area contributed by atoms with Crippen LogP contribution in [0.4, 0.5) is 0 Å². The van der Waals surface area contributed by atoms with Crippen molar-refractivity contribution in [3.8, 4) is 0 Å². The van der Waals surface area contributed by atoms with E-state index in [1.165, 1.54) is 0 Å². The molecule has 0 aliphatic carbocycles. The van der Waals surface area contributed by atoms with Crippen molar-refractivity contribution in [2.24, 2.45) is 5.92 Å². The van der Waals surface area contributed by atoms with Gasteiger partial charge in [-0.3, -0.25) is 0 Å². The van der Waals surface area contributed by atoms with Gasteiger partial charge in [-0.2, -0.15) is 4.31 Å². The lowest BCUT2D eigenvalue weighted by Crippen LogP contribution is -2.40. The third kappa shape index (κ3) is 2.92. The van der Waals surface area contributed by atoms with Crippen molar-refractivity contribution in [3.05, 3.63) is 41.0 Å². The average molecular weight is 307 g/mol.